The number of alkyl halides is 3. The van der Waals surface area contributed by atoms with E-state index in [2.05, 4.69) is 0 Å². The highest BCUT2D eigenvalue weighted by atomic mass is 19.4. The molecule has 0 radical (unpaired) electrons. The maximum absolute atomic E-state index is 12.4. The highest BCUT2D eigenvalue weighted by Gasteiger charge is 2.40. The van der Waals surface area contributed by atoms with E-state index in [0.717, 1.165) is 0 Å². The summed E-state index contributed by atoms with van der Waals surface area (Å²) in [7, 11) is 1.65. The van der Waals surface area contributed by atoms with E-state index in [1.807, 2.05) is 0 Å². The first-order valence-corrected chi connectivity index (χ1v) is 4.70. The summed E-state index contributed by atoms with van der Waals surface area (Å²) in [5.74, 6) is 0. The lowest BCUT2D eigenvalue weighted by atomic mass is 10.1. The lowest BCUT2D eigenvalue weighted by Crippen LogP contribution is -2.19. The molecule has 16 heavy (non-hydrogen) atoms. The van der Waals surface area contributed by atoms with Gasteiger partial charge in [0.05, 0.1) is 0 Å². The summed E-state index contributed by atoms with van der Waals surface area (Å²) in [5.41, 5.74) is 0.561. The van der Waals surface area contributed by atoms with E-state index in [9.17, 15) is 18.3 Å². The van der Waals surface area contributed by atoms with Crippen LogP contribution in [-0.4, -0.2) is 15.8 Å². The molecule has 2 aromatic rings. The molecule has 1 atom stereocenters. The number of aliphatic hydroxyl groups is 1. The van der Waals surface area contributed by atoms with Crippen LogP contribution in [0.1, 0.15) is 11.7 Å². The molecule has 0 amide bonds. The molecule has 0 unspecified atom stereocenters. The Kier molecular flexibility index (Phi) is 2.42. The summed E-state index contributed by atoms with van der Waals surface area (Å²) in [5, 5.41) is 9.66. The lowest BCUT2D eigenvalue weighted by Gasteiger charge is -2.13. The van der Waals surface area contributed by atoms with E-state index in [0.29, 0.717) is 10.9 Å². The number of nitrogens with zero attached hydrogens (tertiary/aromatic N) is 1. The van der Waals surface area contributed by atoms with Crippen LogP contribution in [0.5, 0.6) is 0 Å². The quantitative estimate of drug-likeness (QED) is 0.799. The summed E-state index contributed by atoms with van der Waals surface area (Å²) in [4.78, 5) is 0. The summed E-state index contributed by atoms with van der Waals surface area (Å²) in [6.07, 6.45) is -5.76. The van der Waals surface area contributed by atoms with Crippen LogP contribution in [0.3, 0.4) is 0 Å². The van der Waals surface area contributed by atoms with Crippen molar-refractivity contribution in [1.82, 2.24) is 4.57 Å². The Morgan fingerprint density at radius 1 is 1.25 bits per heavy atom. The minimum absolute atomic E-state index is 0.106. The van der Waals surface area contributed by atoms with Crippen LogP contribution in [0.25, 0.3) is 10.9 Å². The van der Waals surface area contributed by atoms with Crippen molar-refractivity contribution in [3.63, 3.8) is 0 Å². The molecule has 86 valence electrons. The number of halogens is 3. The van der Waals surface area contributed by atoms with E-state index in [-0.39, 0.29) is 5.56 Å². The van der Waals surface area contributed by atoms with Gasteiger partial charge in [0.1, 0.15) is 0 Å². The summed E-state index contributed by atoms with van der Waals surface area (Å²) >= 11 is 0. The van der Waals surface area contributed by atoms with Gasteiger partial charge in [-0.25, -0.2) is 0 Å². The molecule has 2 rings (SSSR count). The number of aliphatic hydroxyl groups excluding tert-OH is 1. The molecule has 0 fully saturated rings. The van der Waals surface area contributed by atoms with Crippen molar-refractivity contribution < 1.29 is 18.3 Å². The van der Waals surface area contributed by atoms with E-state index >= 15 is 0 Å². The van der Waals surface area contributed by atoms with Crippen LogP contribution in [0.2, 0.25) is 0 Å². The molecule has 0 saturated heterocycles. The van der Waals surface area contributed by atoms with Crippen molar-refractivity contribution in [2.45, 2.75) is 12.3 Å². The molecule has 0 bridgehead atoms. The van der Waals surface area contributed by atoms with Crippen molar-refractivity contribution in [3.8, 4) is 0 Å². The molecule has 1 aromatic heterocycles. The Morgan fingerprint density at radius 2 is 1.88 bits per heavy atom. The molecule has 0 saturated carbocycles. The number of fused-ring (bicyclic) bond motifs is 1. The van der Waals surface area contributed by atoms with Crippen molar-refractivity contribution in [1.29, 1.82) is 0 Å². The number of benzene rings is 1. The van der Waals surface area contributed by atoms with Gasteiger partial charge in [-0.1, -0.05) is 18.2 Å². The number of hydrogen-bond donors (Lipinski definition) is 1. The lowest BCUT2D eigenvalue weighted by molar-refractivity contribution is -0.206. The van der Waals surface area contributed by atoms with Gasteiger partial charge in [-0.3, -0.25) is 0 Å². The summed E-state index contributed by atoms with van der Waals surface area (Å²) in [6.45, 7) is 0. The third-order valence-corrected chi connectivity index (χ3v) is 2.53. The normalized spacial score (nSPS) is 14.3. The molecule has 1 N–H and O–H groups in total. The number of rotatable bonds is 1. The van der Waals surface area contributed by atoms with Gasteiger partial charge in [-0.05, 0) is 6.07 Å². The fourth-order valence-electron chi connectivity index (χ4n) is 1.77. The Hall–Kier alpha value is -1.49. The fraction of sp³-hybridized carbons (Fsp3) is 0.273. The average molecular weight is 229 g/mol. The van der Waals surface area contributed by atoms with E-state index in [1.165, 1.54) is 6.20 Å². The molecular weight excluding hydrogens is 219 g/mol. The Bertz CT molecular complexity index is 515. The predicted octanol–water partition coefficient (Wildman–Crippen LogP) is 2.77. The number of para-hydroxylation sites is 1. The molecule has 1 heterocycles. The van der Waals surface area contributed by atoms with E-state index in [1.54, 1.807) is 35.9 Å². The largest absolute Gasteiger partial charge is 0.418 e. The van der Waals surface area contributed by atoms with Gasteiger partial charge >= 0.3 is 6.18 Å². The SMILES string of the molecule is Cn1cc([C@@H](O)C(F)(F)F)c2ccccc21. The van der Waals surface area contributed by atoms with Gasteiger partial charge in [-0.15, -0.1) is 0 Å². The molecule has 0 aliphatic heterocycles. The van der Waals surface area contributed by atoms with Gasteiger partial charge in [0.25, 0.3) is 0 Å². The van der Waals surface area contributed by atoms with Gasteiger partial charge in [0, 0.05) is 29.7 Å². The van der Waals surface area contributed by atoms with Crippen LogP contribution in [0.4, 0.5) is 13.2 Å². The second-order valence-electron chi connectivity index (χ2n) is 3.66. The summed E-state index contributed by atoms with van der Waals surface area (Å²) in [6, 6.07) is 6.67. The second kappa shape index (κ2) is 3.52. The van der Waals surface area contributed by atoms with Crippen LogP contribution in [-0.2, 0) is 7.05 Å². The van der Waals surface area contributed by atoms with Gasteiger partial charge in [0.2, 0.25) is 0 Å². The number of aryl methyl sites for hydroxylation is 1. The molecule has 1 aromatic carbocycles. The standard InChI is InChI=1S/C11H10F3NO/c1-15-6-8(10(16)11(12,13)14)7-4-2-3-5-9(7)15/h2-6,10,16H,1H3/t10-/m1/s1. The first-order chi connectivity index (χ1) is 7.41. The topological polar surface area (TPSA) is 25.2 Å². The van der Waals surface area contributed by atoms with Crippen LogP contribution >= 0.6 is 0 Å². The first kappa shape index (κ1) is 11.0. The van der Waals surface area contributed by atoms with Crippen molar-refractivity contribution in [3.05, 3.63) is 36.0 Å². The maximum Gasteiger partial charge on any atom is 0.418 e. The van der Waals surface area contributed by atoms with Gasteiger partial charge in [-0.2, -0.15) is 13.2 Å². The Morgan fingerprint density at radius 3 is 2.50 bits per heavy atom. The third kappa shape index (κ3) is 1.67. The van der Waals surface area contributed by atoms with Crippen LogP contribution < -0.4 is 0 Å². The van der Waals surface area contributed by atoms with Crippen molar-refractivity contribution >= 4 is 10.9 Å². The number of aromatic nitrogens is 1. The predicted molar refractivity (Wildman–Crippen MR) is 53.9 cm³/mol. The third-order valence-electron chi connectivity index (χ3n) is 2.53. The van der Waals surface area contributed by atoms with E-state index < -0.39 is 12.3 Å². The zero-order chi connectivity index (χ0) is 11.9. The minimum atomic E-state index is -4.63. The van der Waals surface area contributed by atoms with Crippen molar-refractivity contribution in [2.24, 2.45) is 7.05 Å². The van der Waals surface area contributed by atoms with Crippen molar-refractivity contribution in [2.75, 3.05) is 0 Å². The highest BCUT2D eigenvalue weighted by molar-refractivity contribution is 5.84. The average Bonchev–Trinajstić information content (AvgIpc) is 2.55. The van der Waals surface area contributed by atoms with Gasteiger partial charge < -0.3 is 9.67 Å². The molecule has 2 nitrogen and oxygen atoms in total. The monoisotopic (exact) mass is 229 g/mol. The van der Waals surface area contributed by atoms with Crippen LogP contribution in [0, 0.1) is 0 Å². The highest BCUT2D eigenvalue weighted by Crippen LogP contribution is 2.36. The molecular formula is C11H10F3NO. The van der Waals surface area contributed by atoms with Crippen LogP contribution in [0.15, 0.2) is 30.5 Å². The summed E-state index contributed by atoms with van der Waals surface area (Å²) < 4.78 is 38.8. The maximum atomic E-state index is 12.4. The first-order valence-electron chi connectivity index (χ1n) is 4.70. The fourth-order valence-corrected chi connectivity index (χ4v) is 1.77. The Labute approximate surface area is 89.9 Å². The molecule has 5 heteroatoms. The minimum Gasteiger partial charge on any atom is -0.379 e. The smallest absolute Gasteiger partial charge is 0.379 e. The zero-order valence-electron chi connectivity index (χ0n) is 8.49. The Balaban J connectivity index is 2.62. The second-order valence-corrected chi connectivity index (χ2v) is 3.66. The van der Waals surface area contributed by atoms with E-state index in [4.69, 9.17) is 0 Å². The molecule has 0 aliphatic rings. The van der Waals surface area contributed by atoms with Gasteiger partial charge in [0.15, 0.2) is 6.10 Å². The zero-order valence-corrected chi connectivity index (χ0v) is 8.49. The molecule has 0 aliphatic carbocycles. The molecule has 0 spiro atoms. The number of hydrogen-bond acceptors (Lipinski definition) is 1.